The molecule has 0 saturated heterocycles. The van der Waals surface area contributed by atoms with Crippen LogP contribution in [-0.4, -0.2) is 0 Å². The Hall–Kier alpha value is -2.02. The van der Waals surface area contributed by atoms with E-state index in [1.165, 1.54) is 0 Å². The van der Waals surface area contributed by atoms with Gasteiger partial charge in [-0.05, 0) is 18.6 Å². The van der Waals surface area contributed by atoms with Gasteiger partial charge >= 0.3 is 0 Å². The smallest absolute Gasteiger partial charge is 0.0461 e. The van der Waals surface area contributed by atoms with Crippen molar-refractivity contribution in [2.75, 3.05) is 5.32 Å². The van der Waals surface area contributed by atoms with E-state index in [2.05, 4.69) is 37.5 Å². The van der Waals surface area contributed by atoms with Crippen molar-refractivity contribution in [3.63, 3.8) is 0 Å². The number of rotatable bonds is 2. The van der Waals surface area contributed by atoms with Crippen molar-refractivity contribution in [1.29, 1.82) is 0 Å². The highest BCUT2D eigenvalue weighted by Crippen LogP contribution is 2.35. The number of fused-ring (bicyclic) bond motifs is 1. The zero-order valence-electron chi connectivity index (χ0n) is 9.46. The summed E-state index contributed by atoms with van der Waals surface area (Å²) in [6, 6.07) is 8.20. The van der Waals surface area contributed by atoms with Crippen LogP contribution in [0.4, 0.5) is 5.69 Å². The monoisotopic (exact) mass is 209 g/mol. The summed E-state index contributed by atoms with van der Waals surface area (Å²) in [4.78, 5) is 0. The third kappa shape index (κ3) is 1.72. The minimum atomic E-state index is 1.06. The average molecular weight is 209 g/mol. The Morgan fingerprint density at radius 2 is 2.00 bits per heavy atom. The fraction of sp³-hybridized carbons (Fsp3) is 0.0667. The molecule has 1 aromatic carbocycles. The molecule has 0 bridgehead atoms. The zero-order chi connectivity index (χ0) is 11.5. The van der Waals surface area contributed by atoms with Gasteiger partial charge in [0.15, 0.2) is 0 Å². The molecule has 1 nitrogen and oxygen atoms in total. The first kappa shape index (κ1) is 10.5. The molecule has 0 amide bonds. The Morgan fingerprint density at radius 3 is 2.75 bits per heavy atom. The molecular formula is C15H15N. The SMILES string of the molecule is C=C/C=C\C1=C(C)Nc2ccccc2C1=C. The van der Waals surface area contributed by atoms with Gasteiger partial charge < -0.3 is 5.32 Å². The van der Waals surface area contributed by atoms with Gasteiger partial charge in [-0.15, -0.1) is 0 Å². The van der Waals surface area contributed by atoms with Crippen LogP contribution in [0, 0.1) is 0 Å². The second-order valence-electron chi connectivity index (χ2n) is 3.78. The van der Waals surface area contributed by atoms with E-state index in [4.69, 9.17) is 0 Å². The van der Waals surface area contributed by atoms with Crippen molar-refractivity contribution >= 4 is 11.3 Å². The average Bonchev–Trinajstić information content (AvgIpc) is 2.29. The Labute approximate surface area is 96.5 Å². The minimum Gasteiger partial charge on any atom is -0.358 e. The van der Waals surface area contributed by atoms with Gasteiger partial charge in [0, 0.05) is 22.5 Å². The fourth-order valence-corrected chi connectivity index (χ4v) is 1.89. The number of anilines is 1. The topological polar surface area (TPSA) is 12.0 Å². The summed E-state index contributed by atoms with van der Waals surface area (Å²) in [7, 11) is 0. The fourth-order valence-electron chi connectivity index (χ4n) is 1.89. The molecule has 0 atom stereocenters. The van der Waals surface area contributed by atoms with Crippen molar-refractivity contribution in [2.24, 2.45) is 0 Å². The van der Waals surface area contributed by atoms with E-state index in [-0.39, 0.29) is 0 Å². The number of para-hydroxylation sites is 1. The first-order chi connectivity index (χ1) is 7.74. The van der Waals surface area contributed by atoms with Crippen LogP contribution in [0.3, 0.4) is 0 Å². The van der Waals surface area contributed by atoms with E-state index in [0.717, 1.165) is 28.1 Å². The molecule has 0 fully saturated rings. The molecule has 1 N–H and O–H groups in total. The van der Waals surface area contributed by atoms with Gasteiger partial charge in [0.05, 0.1) is 0 Å². The number of hydrogen-bond acceptors (Lipinski definition) is 1. The van der Waals surface area contributed by atoms with Crippen LogP contribution in [-0.2, 0) is 0 Å². The van der Waals surface area contributed by atoms with E-state index >= 15 is 0 Å². The lowest BCUT2D eigenvalue weighted by atomic mass is 9.93. The molecule has 1 aliphatic rings. The Bertz CT molecular complexity index is 504. The predicted octanol–water partition coefficient (Wildman–Crippen LogP) is 4.14. The standard InChI is InChI=1S/C15H15N/c1-4-5-8-13-11(2)14-9-6-7-10-15(14)16-12(13)3/h4-10,16H,1-2H2,3H3/b8-5-. The van der Waals surface area contributed by atoms with Gasteiger partial charge in [-0.1, -0.05) is 49.6 Å². The highest BCUT2D eigenvalue weighted by atomic mass is 14.9. The molecular weight excluding hydrogens is 194 g/mol. The molecule has 16 heavy (non-hydrogen) atoms. The van der Waals surface area contributed by atoms with Crippen LogP contribution in [0.5, 0.6) is 0 Å². The summed E-state index contributed by atoms with van der Waals surface area (Å²) in [6.45, 7) is 9.90. The summed E-state index contributed by atoms with van der Waals surface area (Å²) in [5.41, 5.74) is 5.61. The van der Waals surface area contributed by atoms with Gasteiger partial charge in [-0.25, -0.2) is 0 Å². The molecule has 0 spiro atoms. The number of nitrogens with one attached hydrogen (secondary N) is 1. The van der Waals surface area contributed by atoms with Crippen LogP contribution in [0.25, 0.3) is 5.57 Å². The summed E-state index contributed by atoms with van der Waals surface area (Å²) in [5.74, 6) is 0. The van der Waals surface area contributed by atoms with Gasteiger partial charge in [-0.2, -0.15) is 0 Å². The van der Waals surface area contributed by atoms with Crippen molar-refractivity contribution in [3.05, 3.63) is 72.5 Å². The second-order valence-corrected chi connectivity index (χ2v) is 3.78. The summed E-state index contributed by atoms with van der Waals surface area (Å²) in [5, 5.41) is 3.38. The van der Waals surface area contributed by atoms with Gasteiger partial charge in [0.1, 0.15) is 0 Å². The maximum atomic E-state index is 4.16. The molecule has 1 aliphatic heterocycles. The van der Waals surface area contributed by atoms with Crippen molar-refractivity contribution < 1.29 is 0 Å². The lowest BCUT2D eigenvalue weighted by Gasteiger charge is -2.23. The molecule has 0 saturated carbocycles. The van der Waals surface area contributed by atoms with Crippen LogP contribution >= 0.6 is 0 Å². The van der Waals surface area contributed by atoms with Crippen molar-refractivity contribution in [1.82, 2.24) is 0 Å². The molecule has 0 aromatic heterocycles. The van der Waals surface area contributed by atoms with Crippen LogP contribution in [0.15, 0.2) is 66.9 Å². The maximum absolute atomic E-state index is 4.16. The molecule has 0 unspecified atom stereocenters. The second kappa shape index (κ2) is 4.23. The summed E-state index contributed by atoms with van der Waals surface area (Å²) in [6.07, 6.45) is 5.74. The molecule has 1 heteroatoms. The molecule has 1 heterocycles. The Kier molecular flexibility index (Phi) is 2.78. The molecule has 0 aliphatic carbocycles. The van der Waals surface area contributed by atoms with Gasteiger partial charge in [0.25, 0.3) is 0 Å². The van der Waals surface area contributed by atoms with E-state index in [9.17, 15) is 0 Å². The van der Waals surface area contributed by atoms with Crippen LogP contribution in [0.2, 0.25) is 0 Å². The molecule has 0 radical (unpaired) electrons. The lowest BCUT2D eigenvalue weighted by Crippen LogP contribution is -2.08. The first-order valence-electron chi connectivity index (χ1n) is 5.29. The summed E-state index contributed by atoms with van der Waals surface area (Å²) < 4.78 is 0. The van der Waals surface area contributed by atoms with E-state index < -0.39 is 0 Å². The highest BCUT2D eigenvalue weighted by molar-refractivity contribution is 5.91. The minimum absolute atomic E-state index is 1.06. The normalized spacial score (nSPS) is 14.9. The van der Waals surface area contributed by atoms with Crippen LogP contribution in [0.1, 0.15) is 12.5 Å². The molecule has 2 rings (SSSR count). The van der Waals surface area contributed by atoms with Gasteiger partial charge in [0.2, 0.25) is 0 Å². The summed E-state index contributed by atoms with van der Waals surface area (Å²) >= 11 is 0. The van der Waals surface area contributed by atoms with Crippen molar-refractivity contribution in [2.45, 2.75) is 6.92 Å². The van der Waals surface area contributed by atoms with Crippen molar-refractivity contribution in [3.8, 4) is 0 Å². The highest BCUT2D eigenvalue weighted by Gasteiger charge is 2.15. The first-order valence-corrected chi connectivity index (χ1v) is 5.29. The van der Waals surface area contributed by atoms with E-state index in [1.54, 1.807) is 6.08 Å². The third-order valence-electron chi connectivity index (χ3n) is 2.70. The number of hydrogen-bond donors (Lipinski definition) is 1. The predicted molar refractivity (Wildman–Crippen MR) is 71.1 cm³/mol. The zero-order valence-corrected chi connectivity index (χ0v) is 9.46. The molecule has 80 valence electrons. The lowest BCUT2D eigenvalue weighted by molar-refractivity contribution is 1.30. The number of allylic oxidation sites excluding steroid dienone is 6. The Balaban J connectivity index is 2.47. The van der Waals surface area contributed by atoms with Gasteiger partial charge in [-0.3, -0.25) is 0 Å². The van der Waals surface area contributed by atoms with Crippen LogP contribution < -0.4 is 5.32 Å². The third-order valence-corrected chi connectivity index (χ3v) is 2.70. The number of benzene rings is 1. The van der Waals surface area contributed by atoms with E-state index in [1.807, 2.05) is 24.3 Å². The Morgan fingerprint density at radius 1 is 1.25 bits per heavy atom. The largest absolute Gasteiger partial charge is 0.358 e. The molecule has 1 aromatic rings. The maximum Gasteiger partial charge on any atom is 0.0461 e. The van der Waals surface area contributed by atoms with E-state index in [0.29, 0.717) is 0 Å². The quantitative estimate of drug-likeness (QED) is 0.722.